The van der Waals surface area contributed by atoms with Crippen LogP contribution in [-0.2, 0) is 34.7 Å². The van der Waals surface area contributed by atoms with E-state index in [1.165, 1.54) is 5.56 Å². The summed E-state index contributed by atoms with van der Waals surface area (Å²) in [5, 5.41) is 33.5. The molecule has 1 aromatic carbocycles. The molecular weight excluding hydrogens is 415 g/mol. The molecule has 0 radical (unpaired) electrons. The number of carbonyl (C=O) groups excluding carboxylic acids is 1. The Morgan fingerprint density at radius 2 is 1.84 bits per heavy atom. The molecule has 4 heterocycles. The van der Waals surface area contributed by atoms with Crippen molar-refractivity contribution in [1.82, 2.24) is 9.55 Å². The van der Waals surface area contributed by atoms with E-state index in [0.717, 1.165) is 28.6 Å². The van der Waals surface area contributed by atoms with E-state index in [1.54, 1.807) is 17.6 Å². The number of ether oxygens (including phenoxy) is 1. The minimum Gasteiger partial charge on any atom is -0.458 e. The summed E-state index contributed by atoms with van der Waals surface area (Å²) in [6.45, 7) is 4.13. The maximum atomic E-state index is 13.2. The molecule has 1 unspecified atom stereocenters. The number of pyridine rings is 2. The van der Waals surface area contributed by atoms with Gasteiger partial charge in [-0.25, -0.2) is 9.78 Å². The molecule has 0 spiro atoms. The van der Waals surface area contributed by atoms with Gasteiger partial charge in [-0.05, 0) is 30.5 Å². The van der Waals surface area contributed by atoms with E-state index >= 15 is 0 Å². The molecule has 3 aromatic rings. The number of nitrogens with zero attached hydrogens (tertiary/aromatic N) is 2. The molecular formula is C22H23BN2O7. The SMILES string of the molecule is CCc1c2c(nc3ccccc13)-c1cc3c(c(=O)n1C2)COC(=O)C3(O)CC.OB(O)O. The highest BCUT2D eigenvalue weighted by Gasteiger charge is 2.45. The Morgan fingerprint density at radius 1 is 1.16 bits per heavy atom. The number of benzene rings is 1. The van der Waals surface area contributed by atoms with Gasteiger partial charge >= 0.3 is 13.3 Å². The number of fused-ring (bicyclic) bond motifs is 5. The number of esters is 1. The van der Waals surface area contributed by atoms with E-state index in [1.807, 2.05) is 18.2 Å². The van der Waals surface area contributed by atoms with Crippen LogP contribution in [0.25, 0.3) is 22.3 Å². The third-order valence-corrected chi connectivity index (χ3v) is 6.07. The van der Waals surface area contributed by atoms with Crippen molar-refractivity contribution in [1.29, 1.82) is 0 Å². The Labute approximate surface area is 183 Å². The third kappa shape index (κ3) is 3.32. The first-order chi connectivity index (χ1) is 15.2. The second-order valence-electron chi connectivity index (χ2n) is 7.74. The Balaban J connectivity index is 0.000000567. The number of para-hydroxylation sites is 1. The number of aromatic nitrogens is 2. The monoisotopic (exact) mass is 438 g/mol. The highest BCUT2D eigenvalue weighted by atomic mass is 16.6. The van der Waals surface area contributed by atoms with Crippen LogP contribution in [0.5, 0.6) is 0 Å². The van der Waals surface area contributed by atoms with Crippen LogP contribution in [0, 0.1) is 0 Å². The normalized spacial score (nSPS) is 18.2. The van der Waals surface area contributed by atoms with Gasteiger partial charge in [0.15, 0.2) is 5.60 Å². The maximum absolute atomic E-state index is 13.2. The van der Waals surface area contributed by atoms with Crippen molar-refractivity contribution in [2.45, 2.75) is 45.4 Å². The lowest BCUT2D eigenvalue weighted by molar-refractivity contribution is -0.172. The lowest BCUT2D eigenvalue weighted by Gasteiger charge is -2.31. The highest BCUT2D eigenvalue weighted by Crippen LogP contribution is 2.40. The van der Waals surface area contributed by atoms with Crippen molar-refractivity contribution in [3.05, 3.63) is 62.9 Å². The molecule has 0 bridgehead atoms. The molecule has 0 saturated carbocycles. The van der Waals surface area contributed by atoms with Crippen molar-refractivity contribution < 1.29 is 29.7 Å². The van der Waals surface area contributed by atoms with Gasteiger partial charge in [0, 0.05) is 16.5 Å². The summed E-state index contributed by atoms with van der Waals surface area (Å²) < 4.78 is 6.80. The predicted octanol–water partition coefficient (Wildman–Crippen LogP) is 0.590. The molecule has 4 N–H and O–H groups in total. The Bertz CT molecular complexity index is 1280. The number of aryl methyl sites for hydroxylation is 1. The molecule has 10 heteroatoms. The van der Waals surface area contributed by atoms with Crippen LogP contribution < -0.4 is 5.56 Å². The molecule has 1 atom stereocenters. The van der Waals surface area contributed by atoms with Crippen molar-refractivity contribution in [3.8, 4) is 11.4 Å². The van der Waals surface area contributed by atoms with Crippen LogP contribution in [0.2, 0.25) is 0 Å². The third-order valence-electron chi connectivity index (χ3n) is 6.07. The Hall–Kier alpha value is -3.05. The second kappa shape index (κ2) is 8.14. The lowest BCUT2D eigenvalue weighted by Crippen LogP contribution is -2.44. The zero-order valence-electron chi connectivity index (χ0n) is 17.7. The van der Waals surface area contributed by atoms with E-state index < -0.39 is 18.9 Å². The first kappa shape index (κ1) is 22.2. The molecule has 9 nitrogen and oxygen atoms in total. The van der Waals surface area contributed by atoms with E-state index in [9.17, 15) is 14.7 Å². The second-order valence-corrected chi connectivity index (χ2v) is 7.74. The van der Waals surface area contributed by atoms with E-state index in [0.29, 0.717) is 23.4 Å². The summed E-state index contributed by atoms with van der Waals surface area (Å²) in [7, 11) is -2.17. The van der Waals surface area contributed by atoms with E-state index in [4.69, 9.17) is 24.8 Å². The van der Waals surface area contributed by atoms with Crippen molar-refractivity contribution >= 4 is 24.2 Å². The Morgan fingerprint density at radius 3 is 2.50 bits per heavy atom. The van der Waals surface area contributed by atoms with E-state index in [-0.39, 0.29) is 18.6 Å². The summed E-state index contributed by atoms with van der Waals surface area (Å²) >= 11 is 0. The molecule has 0 aliphatic carbocycles. The zero-order valence-corrected chi connectivity index (χ0v) is 17.7. The van der Waals surface area contributed by atoms with Gasteiger partial charge in [-0.2, -0.15) is 0 Å². The largest absolute Gasteiger partial charge is 0.631 e. The molecule has 2 aliphatic rings. The topological polar surface area (TPSA) is 142 Å². The van der Waals surface area contributed by atoms with Crippen LogP contribution in [0.3, 0.4) is 0 Å². The number of carbonyl (C=O) groups is 1. The van der Waals surface area contributed by atoms with E-state index in [2.05, 4.69) is 13.0 Å². The number of hydrogen-bond acceptors (Lipinski definition) is 8. The first-order valence-electron chi connectivity index (χ1n) is 10.3. The highest BCUT2D eigenvalue weighted by molar-refractivity contribution is 6.30. The summed E-state index contributed by atoms with van der Waals surface area (Å²) in [6.07, 6.45) is 0.967. The fraction of sp³-hybridized carbons (Fsp3) is 0.318. The average molecular weight is 438 g/mol. The number of rotatable bonds is 2. The molecule has 2 aromatic heterocycles. The minimum absolute atomic E-state index is 0.109. The minimum atomic E-state index is -2.17. The van der Waals surface area contributed by atoms with Crippen LogP contribution >= 0.6 is 0 Å². The summed E-state index contributed by atoms with van der Waals surface area (Å²) in [5.74, 6) is -0.703. The van der Waals surface area contributed by atoms with Gasteiger partial charge in [-0.3, -0.25) is 4.79 Å². The molecule has 0 fully saturated rings. The lowest BCUT2D eigenvalue weighted by atomic mass is 9.86. The van der Waals surface area contributed by atoms with Gasteiger partial charge in [0.2, 0.25) is 0 Å². The fourth-order valence-electron chi connectivity index (χ4n) is 4.52. The quantitative estimate of drug-likeness (QED) is 0.263. The van der Waals surface area contributed by atoms with Gasteiger partial charge in [-0.15, -0.1) is 0 Å². The van der Waals surface area contributed by atoms with Gasteiger partial charge in [0.1, 0.15) is 6.61 Å². The standard InChI is InChI=1S/C22H20N2O4.BH3O3/c1-3-12-13-7-5-6-8-17(13)23-19-14(12)10-24-18(19)9-16-15(20(24)25)11-28-21(26)22(16,27)4-2;2-1(3)4/h5-9,27H,3-4,10-11H2,1-2H3;2-4H. The summed E-state index contributed by atoms with van der Waals surface area (Å²) in [6, 6.07) is 9.72. The van der Waals surface area contributed by atoms with Crippen molar-refractivity contribution in [2.75, 3.05) is 0 Å². The molecule has 0 amide bonds. The van der Waals surface area contributed by atoms with Crippen LogP contribution in [0.1, 0.15) is 42.5 Å². The zero-order chi connectivity index (χ0) is 23.2. The van der Waals surface area contributed by atoms with Crippen LogP contribution in [0.15, 0.2) is 35.1 Å². The number of cyclic esters (lactones) is 1. The fourth-order valence-corrected chi connectivity index (χ4v) is 4.52. The predicted molar refractivity (Wildman–Crippen MR) is 116 cm³/mol. The molecule has 0 saturated heterocycles. The Kier molecular flexibility index (Phi) is 5.64. The van der Waals surface area contributed by atoms with Gasteiger partial charge in [-0.1, -0.05) is 32.0 Å². The smallest absolute Gasteiger partial charge is 0.458 e. The van der Waals surface area contributed by atoms with Crippen LogP contribution in [-0.4, -0.2) is 43.0 Å². The van der Waals surface area contributed by atoms with Gasteiger partial charge in [0.05, 0.1) is 29.0 Å². The first-order valence-corrected chi connectivity index (χ1v) is 10.3. The summed E-state index contributed by atoms with van der Waals surface area (Å²) in [4.78, 5) is 30.3. The average Bonchev–Trinajstić information content (AvgIpc) is 3.13. The maximum Gasteiger partial charge on any atom is 0.631 e. The van der Waals surface area contributed by atoms with Crippen LogP contribution in [0.4, 0.5) is 0 Å². The van der Waals surface area contributed by atoms with Crippen molar-refractivity contribution in [3.63, 3.8) is 0 Å². The van der Waals surface area contributed by atoms with Crippen molar-refractivity contribution in [2.24, 2.45) is 0 Å². The van der Waals surface area contributed by atoms with Gasteiger partial charge < -0.3 is 29.5 Å². The number of aliphatic hydroxyl groups is 1. The number of hydrogen-bond donors (Lipinski definition) is 4. The molecule has 166 valence electrons. The molecule has 5 rings (SSSR count). The molecule has 2 aliphatic heterocycles. The molecule has 32 heavy (non-hydrogen) atoms. The summed E-state index contributed by atoms with van der Waals surface area (Å²) in [5.41, 5.74) is 3.18. The van der Waals surface area contributed by atoms with Gasteiger partial charge in [0.25, 0.3) is 5.56 Å².